The third-order valence-electron chi connectivity index (χ3n) is 4.35. The van der Waals surface area contributed by atoms with Gasteiger partial charge >= 0.3 is 0 Å². The minimum absolute atomic E-state index is 0.0711. The van der Waals surface area contributed by atoms with Crippen molar-refractivity contribution in [3.8, 4) is 0 Å². The molecule has 1 amide bonds. The Hall–Kier alpha value is -1.32. The Morgan fingerprint density at radius 3 is 2.82 bits per heavy atom. The predicted molar refractivity (Wildman–Crippen MR) is 63.5 cm³/mol. The van der Waals surface area contributed by atoms with Crippen molar-refractivity contribution in [1.29, 1.82) is 0 Å². The molecule has 2 aliphatic carbocycles. The fourth-order valence-corrected chi connectivity index (χ4v) is 3.02. The van der Waals surface area contributed by atoms with Gasteiger partial charge in [-0.25, -0.2) is 0 Å². The van der Waals surface area contributed by atoms with E-state index in [1.54, 1.807) is 0 Å². The van der Waals surface area contributed by atoms with Crippen LogP contribution in [0.15, 0.2) is 4.52 Å². The molecule has 1 N–H and O–H groups in total. The number of nitrogens with zero attached hydrogens (tertiary/aromatic N) is 1. The molecule has 0 saturated heterocycles. The summed E-state index contributed by atoms with van der Waals surface area (Å²) in [7, 11) is 0. The summed E-state index contributed by atoms with van der Waals surface area (Å²) in [5.41, 5.74) is 1.76. The molecule has 0 radical (unpaired) electrons. The average molecular weight is 234 g/mol. The first-order valence-electron chi connectivity index (χ1n) is 6.38. The van der Waals surface area contributed by atoms with Gasteiger partial charge in [-0.3, -0.25) is 10.1 Å². The van der Waals surface area contributed by atoms with Gasteiger partial charge in [-0.2, -0.15) is 0 Å². The molecule has 1 aromatic rings. The van der Waals surface area contributed by atoms with Gasteiger partial charge in [0.15, 0.2) is 0 Å². The summed E-state index contributed by atoms with van der Waals surface area (Å²) in [6.45, 7) is 3.79. The molecule has 3 atom stereocenters. The van der Waals surface area contributed by atoms with Crippen LogP contribution < -0.4 is 5.32 Å². The molecule has 2 aliphatic rings. The van der Waals surface area contributed by atoms with E-state index in [4.69, 9.17) is 4.52 Å². The lowest BCUT2D eigenvalue weighted by molar-refractivity contribution is -0.117. The number of carbonyl (C=O) groups is 1. The zero-order chi connectivity index (χ0) is 12.0. The molecule has 0 spiro atoms. The normalized spacial score (nSPS) is 30.1. The van der Waals surface area contributed by atoms with Gasteiger partial charge in [0.1, 0.15) is 0 Å². The van der Waals surface area contributed by atoms with Crippen LogP contribution in [0.25, 0.3) is 0 Å². The summed E-state index contributed by atoms with van der Waals surface area (Å²) in [6.07, 6.45) is 4.53. The van der Waals surface area contributed by atoms with Crippen LogP contribution in [0.4, 0.5) is 5.88 Å². The number of rotatable bonds is 3. The number of aromatic nitrogens is 1. The van der Waals surface area contributed by atoms with Crippen molar-refractivity contribution in [2.24, 2.45) is 17.8 Å². The quantitative estimate of drug-likeness (QED) is 0.874. The third-order valence-corrected chi connectivity index (χ3v) is 4.35. The van der Waals surface area contributed by atoms with Crippen molar-refractivity contribution in [3.63, 3.8) is 0 Å². The molecule has 4 heteroatoms. The fourth-order valence-electron chi connectivity index (χ4n) is 3.02. The van der Waals surface area contributed by atoms with Crippen LogP contribution in [0.5, 0.6) is 0 Å². The molecular formula is C13H18N2O2. The summed E-state index contributed by atoms with van der Waals surface area (Å²) >= 11 is 0. The Morgan fingerprint density at radius 1 is 1.47 bits per heavy atom. The monoisotopic (exact) mass is 234 g/mol. The number of amides is 1. The van der Waals surface area contributed by atoms with Gasteiger partial charge in [0.2, 0.25) is 11.8 Å². The number of nitrogens with one attached hydrogen (secondary N) is 1. The van der Waals surface area contributed by atoms with E-state index in [-0.39, 0.29) is 5.91 Å². The highest BCUT2D eigenvalue weighted by Gasteiger charge is 2.48. The first-order valence-corrected chi connectivity index (χ1v) is 6.38. The smallest absolute Gasteiger partial charge is 0.234 e. The molecule has 1 aromatic heterocycles. The Kier molecular flexibility index (Phi) is 2.45. The Labute approximate surface area is 101 Å². The second-order valence-electron chi connectivity index (χ2n) is 5.47. The standard InChI is InChI=1S/C13H18N2O2/c1-7-8(2)15-17-13(7)14-12(16)6-10-4-3-9-5-11(9)10/h9-11H,3-6H2,1-2H3,(H,14,16). The maximum atomic E-state index is 11.9. The van der Waals surface area contributed by atoms with E-state index >= 15 is 0 Å². The highest BCUT2D eigenvalue weighted by atomic mass is 16.5. The van der Waals surface area contributed by atoms with Crippen molar-refractivity contribution in [2.75, 3.05) is 5.32 Å². The van der Waals surface area contributed by atoms with Crippen molar-refractivity contribution in [2.45, 2.75) is 39.5 Å². The summed E-state index contributed by atoms with van der Waals surface area (Å²) in [4.78, 5) is 11.9. The molecule has 1 heterocycles. The summed E-state index contributed by atoms with van der Waals surface area (Å²) < 4.78 is 5.09. The van der Waals surface area contributed by atoms with E-state index in [1.165, 1.54) is 19.3 Å². The van der Waals surface area contributed by atoms with E-state index in [0.717, 1.165) is 23.1 Å². The van der Waals surface area contributed by atoms with E-state index in [0.29, 0.717) is 18.2 Å². The summed E-state index contributed by atoms with van der Waals surface area (Å²) in [6, 6.07) is 0. The molecule has 0 bridgehead atoms. The molecule has 0 aromatic carbocycles. The van der Waals surface area contributed by atoms with Crippen molar-refractivity contribution in [3.05, 3.63) is 11.3 Å². The first kappa shape index (κ1) is 10.8. The number of hydrogen-bond donors (Lipinski definition) is 1. The minimum Gasteiger partial charge on any atom is -0.338 e. The second kappa shape index (κ2) is 3.86. The molecule has 3 unspecified atom stereocenters. The van der Waals surface area contributed by atoms with E-state index in [1.807, 2.05) is 13.8 Å². The van der Waals surface area contributed by atoms with Gasteiger partial charge < -0.3 is 4.52 Å². The predicted octanol–water partition coefficient (Wildman–Crippen LogP) is 2.67. The van der Waals surface area contributed by atoms with Crippen LogP contribution in [0, 0.1) is 31.6 Å². The molecule has 92 valence electrons. The summed E-state index contributed by atoms with van der Waals surface area (Å²) in [5.74, 6) is 2.95. The molecule has 0 aliphatic heterocycles. The van der Waals surface area contributed by atoms with Gasteiger partial charge in [0, 0.05) is 12.0 Å². The topological polar surface area (TPSA) is 55.1 Å². The summed E-state index contributed by atoms with van der Waals surface area (Å²) in [5, 5.41) is 6.66. The van der Waals surface area contributed by atoms with E-state index in [9.17, 15) is 4.79 Å². The Balaban J connectivity index is 1.58. The molecular weight excluding hydrogens is 216 g/mol. The lowest BCUT2D eigenvalue weighted by Gasteiger charge is -2.10. The SMILES string of the molecule is Cc1noc(NC(=O)CC2CCC3CC23)c1C. The van der Waals surface area contributed by atoms with Gasteiger partial charge in [-0.1, -0.05) is 5.16 Å². The molecule has 2 saturated carbocycles. The minimum atomic E-state index is 0.0711. The van der Waals surface area contributed by atoms with Crippen molar-refractivity contribution in [1.82, 2.24) is 5.16 Å². The molecule has 17 heavy (non-hydrogen) atoms. The number of carbonyl (C=O) groups excluding carboxylic acids is 1. The number of aryl methyl sites for hydroxylation is 1. The largest absolute Gasteiger partial charge is 0.338 e. The van der Waals surface area contributed by atoms with Gasteiger partial charge in [-0.05, 0) is 50.9 Å². The number of fused-ring (bicyclic) bond motifs is 1. The van der Waals surface area contributed by atoms with Crippen LogP contribution in [-0.2, 0) is 4.79 Å². The highest BCUT2D eigenvalue weighted by molar-refractivity contribution is 5.90. The average Bonchev–Trinajstić information content (AvgIpc) is 2.90. The van der Waals surface area contributed by atoms with Gasteiger partial charge in [0.25, 0.3) is 0 Å². The van der Waals surface area contributed by atoms with Crippen LogP contribution in [0.1, 0.15) is 36.9 Å². The fraction of sp³-hybridized carbons (Fsp3) is 0.692. The molecule has 4 nitrogen and oxygen atoms in total. The van der Waals surface area contributed by atoms with Crippen LogP contribution in [-0.4, -0.2) is 11.1 Å². The highest BCUT2D eigenvalue weighted by Crippen LogP contribution is 2.56. The zero-order valence-corrected chi connectivity index (χ0v) is 10.3. The maximum Gasteiger partial charge on any atom is 0.234 e. The number of anilines is 1. The van der Waals surface area contributed by atoms with E-state index < -0.39 is 0 Å². The van der Waals surface area contributed by atoms with Crippen molar-refractivity contribution >= 4 is 11.8 Å². The van der Waals surface area contributed by atoms with Crippen LogP contribution in [0.3, 0.4) is 0 Å². The van der Waals surface area contributed by atoms with E-state index in [2.05, 4.69) is 10.5 Å². The lowest BCUT2D eigenvalue weighted by Crippen LogP contribution is -2.16. The Bertz CT molecular complexity index is 452. The maximum absolute atomic E-state index is 11.9. The third kappa shape index (κ3) is 1.96. The lowest BCUT2D eigenvalue weighted by atomic mass is 9.99. The Morgan fingerprint density at radius 2 is 2.29 bits per heavy atom. The zero-order valence-electron chi connectivity index (χ0n) is 10.3. The van der Waals surface area contributed by atoms with Crippen LogP contribution in [0.2, 0.25) is 0 Å². The van der Waals surface area contributed by atoms with Crippen LogP contribution >= 0.6 is 0 Å². The second-order valence-corrected chi connectivity index (χ2v) is 5.47. The number of hydrogen-bond acceptors (Lipinski definition) is 3. The molecule has 2 fully saturated rings. The van der Waals surface area contributed by atoms with Crippen molar-refractivity contribution < 1.29 is 9.32 Å². The van der Waals surface area contributed by atoms with Gasteiger partial charge in [0.05, 0.1) is 5.69 Å². The van der Waals surface area contributed by atoms with Gasteiger partial charge in [-0.15, -0.1) is 0 Å². The molecule has 3 rings (SSSR count). The first-order chi connectivity index (χ1) is 8.15.